The molecule has 0 aliphatic heterocycles. The molecule has 1 amide bonds. The maximum atomic E-state index is 13.3. The molecule has 0 bridgehead atoms. The van der Waals surface area contributed by atoms with Crippen LogP contribution in [0.15, 0.2) is 23.6 Å². The van der Waals surface area contributed by atoms with E-state index in [9.17, 15) is 9.18 Å². The summed E-state index contributed by atoms with van der Waals surface area (Å²) < 4.78 is 13.3. The number of nitriles is 1. The molecule has 0 saturated carbocycles. The zero-order chi connectivity index (χ0) is 13.1. The summed E-state index contributed by atoms with van der Waals surface area (Å²) >= 11 is 1.35. The van der Waals surface area contributed by atoms with Crippen molar-refractivity contribution in [3.8, 4) is 6.07 Å². The molecule has 0 fully saturated rings. The molecule has 6 heteroatoms. The standard InChI is InChI=1S/C12H8FN3OS/c1-7-15-11(6-18-7)12(17)16-10-4-2-3-9(13)8(10)5-14/h2-4,6H,1H3,(H,16,17). The molecule has 1 heterocycles. The molecule has 1 aromatic carbocycles. The number of nitrogens with zero attached hydrogens (tertiary/aromatic N) is 2. The second-order valence-electron chi connectivity index (χ2n) is 3.48. The van der Waals surface area contributed by atoms with Crippen LogP contribution in [0.3, 0.4) is 0 Å². The van der Waals surface area contributed by atoms with E-state index in [4.69, 9.17) is 5.26 Å². The van der Waals surface area contributed by atoms with Gasteiger partial charge in [-0.1, -0.05) is 6.07 Å². The van der Waals surface area contributed by atoms with Crippen LogP contribution in [0, 0.1) is 24.1 Å². The van der Waals surface area contributed by atoms with Gasteiger partial charge in [0.25, 0.3) is 5.91 Å². The van der Waals surface area contributed by atoms with Gasteiger partial charge in [-0.15, -0.1) is 11.3 Å². The number of anilines is 1. The third kappa shape index (κ3) is 2.36. The molecule has 4 nitrogen and oxygen atoms in total. The lowest BCUT2D eigenvalue weighted by Gasteiger charge is -2.05. The Bertz CT molecular complexity index is 645. The summed E-state index contributed by atoms with van der Waals surface area (Å²) in [6.07, 6.45) is 0. The minimum atomic E-state index is -0.662. The van der Waals surface area contributed by atoms with Crippen molar-refractivity contribution < 1.29 is 9.18 Å². The number of amides is 1. The minimum Gasteiger partial charge on any atom is -0.319 e. The number of halogens is 1. The maximum Gasteiger partial charge on any atom is 0.275 e. The normalized spacial score (nSPS) is 9.83. The third-order valence-corrected chi connectivity index (χ3v) is 3.00. The Morgan fingerprint density at radius 2 is 2.33 bits per heavy atom. The molecular weight excluding hydrogens is 253 g/mol. The van der Waals surface area contributed by atoms with Crippen LogP contribution in [0.5, 0.6) is 0 Å². The number of benzene rings is 1. The van der Waals surface area contributed by atoms with E-state index in [2.05, 4.69) is 10.3 Å². The van der Waals surface area contributed by atoms with E-state index in [1.165, 1.54) is 29.5 Å². The summed E-state index contributed by atoms with van der Waals surface area (Å²) in [7, 11) is 0. The highest BCUT2D eigenvalue weighted by Crippen LogP contribution is 2.19. The van der Waals surface area contributed by atoms with Gasteiger partial charge in [-0.2, -0.15) is 5.26 Å². The van der Waals surface area contributed by atoms with Crippen molar-refractivity contribution in [2.45, 2.75) is 6.92 Å². The Labute approximate surface area is 107 Å². The monoisotopic (exact) mass is 261 g/mol. The zero-order valence-electron chi connectivity index (χ0n) is 9.40. The molecule has 1 aromatic heterocycles. The van der Waals surface area contributed by atoms with E-state index < -0.39 is 11.7 Å². The number of rotatable bonds is 2. The number of hydrogen-bond acceptors (Lipinski definition) is 4. The van der Waals surface area contributed by atoms with Crippen LogP contribution in [-0.2, 0) is 0 Å². The average Bonchev–Trinajstić information content (AvgIpc) is 2.76. The molecule has 0 atom stereocenters. The average molecular weight is 261 g/mol. The number of aromatic nitrogens is 1. The summed E-state index contributed by atoms with van der Waals surface area (Å²) in [6.45, 7) is 1.78. The SMILES string of the molecule is Cc1nc(C(=O)Nc2cccc(F)c2C#N)cs1. The Balaban J connectivity index is 2.28. The highest BCUT2D eigenvalue weighted by molar-refractivity contribution is 7.09. The van der Waals surface area contributed by atoms with Crippen LogP contribution >= 0.6 is 11.3 Å². The molecule has 0 spiro atoms. The number of thiazole rings is 1. The molecule has 0 unspecified atom stereocenters. The maximum absolute atomic E-state index is 13.3. The molecule has 0 aliphatic carbocycles. The van der Waals surface area contributed by atoms with Gasteiger partial charge < -0.3 is 5.32 Å². The van der Waals surface area contributed by atoms with E-state index in [0.29, 0.717) is 0 Å². The van der Waals surface area contributed by atoms with Crippen molar-refractivity contribution in [2.24, 2.45) is 0 Å². The van der Waals surface area contributed by atoms with E-state index >= 15 is 0 Å². The van der Waals surface area contributed by atoms with Gasteiger partial charge in [0, 0.05) is 5.38 Å². The number of aryl methyl sites for hydroxylation is 1. The fourth-order valence-corrected chi connectivity index (χ4v) is 1.99. The van der Waals surface area contributed by atoms with Crippen molar-refractivity contribution in [1.82, 2.24) is 4.98 Å². The topological polar surface area (TPSA) is 65.8 Å². The van der Waals surface area contributed by atoms with Gasteiger partial charge in [-0.3, -0.25) is 4.79 Å². The fraction of sp³-hybridized carbons (Fsp3) is 0.0833. The van der Waals surface area contributed by atoms with Crippen molar-refractivity contribution in [1.29, 1.82) is 5.26 Å². The van der Waals surface area contributed by atoms with Crippen LogP contribution < -0.4 is 5.32 Å². The Hall–Kier alpha value is -2.26. The molecule has 2 aromatic rings. The second kappa shape index (κ2) is 4.94. The highest BCUT2D eigenvalue weighted by atomic mass is 32.1. The Morgan fingerprint density at radius 3 is 2.94 bits per heavy atom. The molecule has 2 rings (SSSR count). The first-order chi connectivity index (χ1) is 8.61. The number of carbonyl (C=O) groups excluding carboxylic acids is 1. The quantitative estimate of drug-likeness (QED) is 0.903. The lowest BCUT2D eigenvalue weighted by atomic mass is 10.2. The molecule has 18 heavy (non-hydrogen) atoms. The van der Waals surface area contributed by atoms with Gasteiger partial charge in [0.15, 0.2) is 0 Å². The lowest BCUT2D eigenvalue weighted by molar-refractivity contribution is 0.102. The number of nitrogens with one attached hydrogen (secondary N) is 1. The van der Waals surface area contributed by atoms with Crippen molar-refractivity contribution >= 4 is 22.9 Å². The summed E-state index contributed by atoms with van der Waals surface area (Å²) in [4.78, 5) is 15.8. The lowest BCUT2D eigenvalue weighted by Crippen LogP contribution is -2.13. The smallest absolute Gasteiger partial charge is 0.275 e. The third-order valence-electron chi connectivity index (χ3n) is 2.23. The number of carbonyl (C=O) groups is 1. The van der Waals surface area contributed by atoms with Gasteiger partial charge in [-0.05, 0) is 19.1 Å². The van der Waals surface area contributed by atoms with Crippen LogP contribution in [0.4, 0.5) is 10.1 Å². The van der Waals surface area contributed by atoms with E-state index in [1.807, 2.05) is 0 Å². The van der Waals surface area contributed by atoms with Crippen molar-refractivity contribution in [3.63, 3.8) is 0 Å². The van der Waals surface area contributed by atoms with Gasteiger partial charge in [0.1, 0.15) is 23.1 Å². The fourth-order valence-electron chi connectivity index (χ4n) is 1.40. The Kier molecular flexibility index (Phi) is 3.35. The summed E-state index contributed by atoms with van der Waals surface area (Å²) in [5.41, 5.74) is 0.219. The summed E-state index contributed by atoms with van der Waals surface area (Å²) in [5.74, 6) is -1.12. The van der Waals surface area contributed by atoms with Gasteiger partial charge in [0.05, 0.1) is 10.7 Å². The van der Waals surface area contributed by atoms with E-state index in [0.717, 1.165) is 5.01 Å². The summed E-state index contributed by atoms with van der Waals surface area (Å²) in [5, 5.41) is 13.7. The highest BCUT2D eigenvalue weighted by Gasteiger charge is 2.13. The molecule has 0 aliphatic rings. The van der Waals surface area contributed by atoms with E-state index in [-0.39, 0.29) is 16.9 Å². The van der Waals surface area contributed by atoms with Crippen LogP contribution in [0.25, 0.3) is 0 Å². The van der Waals surface area contributed by atoms with Crippen molar-refractivity contribution in [3.05, 3.63) is 45.7 Å². The first kappa shape index (κ1) is 12.2. The molecule has 1 N–H and O–H groups in total. The molecule has 90 valence electrons. The predicted octanol–water partition coefficient (Wildman–Crippen LogP) is 2.71. The molecule has 0 radical (unpaired) electrons. The molecular formula is C12H8FN3OS. The largest absolute Gasteiger partial charge is 0.319 e. The zero-order valence-corrected chi connectivity index (χ0v) is 10.2. The molecule has 0 saturated heterocycles. The van der Waals surface area contributed by atoms with E-state index in [1.54, 1.807) is 18.4 Å². The Morgan fingerprint density at radius 1 is 1.56 bits per heavy atom. The summed E-state index contributed by atoms with van der Waals surface area (Å²) in [6, 6.07) is 5.79. The van der Waals surface area contributed by atoms with Crippen molar-refractivity contribution in [2.75, 3.05) is 5.32 Å². The predicted molar refractivity (Wildman–Crippen MR) is 65.9 cm³/mol. The first-order valence-electron chi connectivity index (χ1n) is 5.04. The van der Waals surface area contributed by atoms with Crippen LogP contribution in [-0.4, -0.2) is 10.9 Å². The van der Waals surface area contributed by atoms with Gasteiger partial charge in [-0.25, -0.2) is 9.37 Å². The van der Waals surface area contributed by atoms with Crippen LogP contribution in [0.2, 0.25) is 0 Å². The van der Waals surface area contributed by atoms with Gasteiger partial charge in [0.2, 0.25) is 0 Å². The first-order valence-corrected chi connectivity index (χ1v) is 5.92. The van der Waals surface area contributed by atoms with Crippen LogP contribution in [0.1, 0.15) is 21.1 Å². The minimum absolute atomic E-state index is 0.146. The second-order valence-corrected chi connectivity index (χ2v) is 4.54. The number of hydrogen-bond donors (Lipinski definition) is 1. The van der Waals surface area contributed by atoms with Gasteiger partial charge >= 0.3 is 0 Å².